The number of rotatable bonds is 6. The molecule has 0 atom stereocenters. The summed E-state index contributed by atoms with van der Waals surface area (Å²) in [5, 5.41) is 3.30. The highest BCUT2D eigenvalue weighted by molar-refractivity contribution is 7.21. The van der Waals surface area contributed by atoms with Gasteiger partial charge in [0.2, 0.25) is 5.76 Å². The zero-order valence-corrected chi connectivity index (χ0v) is 16.2. The van der Waals surface area contributed by atoms with Crippen LogP contribution in [-0.4, -0.2) is 30.6 Å². The monoisotopic (exact) mass is 408 g/mol. The molecule has 2 aromatic carbocycles. The molecule has 146 valence electrons. The van der Waals surface area contributed by atoms with Gasteiger partial charge in [0.25, 0.3) is 5.91 Å². The van der Waals surface area contributed by atoms with Gasteiger partial charge in [-0.2, -0.15) is 0 Å². The molecule has 0 fully saturated rings. The average molecular weight is 408 g/mol. The van der Waals surface area contributed by atoms with Crippen LogP contribution in [0.4, 0.5) is 5.69 Å². The highest BCUT2D eigenvalue weighted by Crippen LogP contribution is 2.31. The average Bonchev–Trinajstić information content (AvgIpc) is 3.39. The first kappa shape index (κ1) is 18.7. The number of carbonyl (C=O) groups is 2. The number of anilines is 1. The number of fused-ring (bicyclic) bond motifs is 1. The molecule has 2 heterocycles. The molecule has 0 aliphatic heterocycles. The Hall–Kier alpha value is -3.65. The van der Waals surface area contributed by atoms with Gasteiger partial charge in [0.1, 0.15) is 5.75 Å². The maximum absolute atomic E-state index is 12.2. The van der Waals surface area contributed by atoms with E-state index < -0.39 is 18.5 Å². The van der Waals surface area contributed by atoms with Gasteiger partial charge in [-0.1, -0.05) is 12.1 Å². The summed E-state index contributed by atoms with van der Waals surface area (Å²) in [6.07, 6.45) is 0. The summed E-state index contributed by atoms with van der Waals surface area (Å²) in [6, 6.07) is 17.7. The maximum Gasteiger partial charge on any atom is 0.374 e. The standard InChI is InChI=1S/C21H16N2O5S/c1-26-14-8-6-13(7-9-14)22-19(24)12-27-21(25)17-11-10-16(28-17)20-23-15-4-2-3-5-18(15)29-20/h2-11H,12H2,1H3,(H,22,24). The maximum atomic E-state index is 12.2. The van der Waals surface area contributed by atoms with Crippen molar-refractivity contribution in [1.82, 2.24) is 4.98 Å². The Kier molecular flexibility index (Phi) is 5.26. The van der Waals surface area contributed by atoms with Crippen molar-refractivity contribution in [1.29, 1.82) is 0 Å². The Morgan fingerprint density at radius 1 is 1.07 bits per heavy atom. The lowest BCUT2D eigenvalue weighted by atomic mass is 10.3. The molecule has 0 radical (unpaired) electrons. The number of esters is 1. The van der Waals surface area contributed by atoms with Gasteiger partial charge >= 0.3 is 5.97 Å². The molecule has 0 bridgehead atoms. The molecule has 0 aliphatic rings. The minimum absolute atomic E-state index is 0.0107. The summed E-state index contributed by atoms with van der Waals surface area (Å²) < 4.78 is 16.7. The molecule has 1 amide bonds. The van der Waals surface area contributed by atoms with Crippen molar-refractivity contribution < 1.29 is 23.5 Å². The van der Waals surface area contributed by atoms with Crippen molar-refractivity contribution in [2.75, 3.05) is 19.0 Å². The number of methoxy groups -OCH3 is 1. The van der Waals surface area contributed by atoms with Crippen LogP contribution in [0.15, 0.2) is 65.1 Å². The summed E-state index contributed by atoms with van der Waals surface area (Å²) in [5.74, 6) is -0.0165. The number of nitrogens with one attached hydrogen (secondary N) is 1. The summed E-state index contributed by atoms with van der Waals surface area (Å²) >= 11 is 1.47. The number of carbonyl (C=O) groups excluding carboxylic acids is 2. The summed E-state index contributed by atoms with van der Waals surface area (Å²) in [7, 11) is 1.56. The van der Waals surface area contributed by atoms with Crippen molar-refractivity contribution in [3.8, 4) is 16.5 Å². The first-order valence-corrected chi connectivity index (χ1v) is 9.51. The molecular weight excluding hydrogens is 392 g/mol. The van der Waals surface area contributed by atoms with E-state index in [2.05, 4.69) is 10.3 Å². The second-order valence-corrected chi connectivity index (χ2v) is 7.03. The second-order valence-electron chi connectivity index (χ2n) is 6.00. The lowest BCUT2D eigenvalue weighted by molar-refractivity contribution is -0.119. The Labute approximate surface area is 169 Å². The number of hydrogen-bond donors (Lipinski definition) is 1. The molecule has 0 aliphatic carbocycles. The molecule has 1 N–H and O–H groups in total. The Balaban J connectivity index is 1.35. The van der Waals surface area contributed by atoms with Crippen LogP contribution in [0.3, 0.4) is 0 Å². The first-order chi connectivity index (χ1) is 14.1. The van der Waals surface area contributed by atoms with E-state index in [0.717, 1.165) is 10.2 Å². The van der Waals surface area contributed by atoms with Gasteiger partial charge in [0.05, 0.1) is 17.3 Å². The highest BCUT2D eigenvalue weighted by atomic mass is 32.1. The number of nitrogens with zero attached hydrogens (tertiary/aromatic N) is 1. The van der Waals surface area contributed by atoms with Crippen molar-refractivity contribution in [2.45, 2.75) is 0 Å². The van der Waals surface area contributed by atoms with Crippen LogP contribution < -0.4 is 10.1 Å². The number of benzene rings is 2. The lowest BCUT2D eigenvalue weighted by Crippen LogP contribution is -2.20. The molecule has 0 saturated carbocycles. The van der Waals surface area contributed by atoms with E-state index in [-0.39, 0.29) is 5.76 Å². The van der Waals surface area contributed by atoms with Crippen molar-refractivity contribution >= 4 is 39.1 Å². The third kappa shape index (κ3) is 4.27. The predicted molar refractivity (Wildman–Crippen MR) is 109 cm³/mol. The van der Waals surface area contributed by atoms with Gasteiger partial charge in [0, 0.05) is 5.69 Å². The minimum atomic E-state index is -0.720. The van der Waals surface area contributed by atoms with Crippen LogP contribution in [0.25, 0.3) is 21.0 Å². The highest BCUT2D eigenvalue weighted by Gasteiger charge is 2.17. The number of ether oxygens (including phenoxy) is 2. The number of para-hydroxylation sites is 1. The SMILES string of the molecule is COc1ccc(NC(=O)COC(=O)c2ccc(-c3nc4ccccc4s3)o2)cc1. The smallest absolute Gasteiger partial charge is 0.374 e. The summed E-state index contributed by atoms with van der Waals surface area (Å²) in [6.45, 7) is -0.429. The van der Waals surface area contributed by atoms with E-state index in [4.69, 9.17) is 13.9 Å². The third-order valence-corrected chi connectivity index (χ3v) is 5.07. The molecule has 0 spiro atoms. The quantitative estimate of drug-likeness (QED) is 0.477. The van der Waals surface area contributed by atoms with E-state index in [9.17, 15) is 9.59 Å². The zero-order chi connectivity index (χ0) is 20.2. The van der Waals surface area contributed by atoms with Gasteiger partial charge in [-0.05, 0) is 48.5 Å². The Bertz CT molecular complexity index is 1130. The summed E-state index contributed by atoms with van der Waals surface area (Å²) in [5.41, 5.74) is 1.44. The van der Waals surface area contributed by atoms with E-state index in [1.165, 1.54) is 17.4 Å². The van der Waals surface area contributed by atoms with Crippen LogP contribution in [0.2, 0.25) is 0 Å². The zero-order valence-electron chi connectivity index (χ0n) is 15.4. The van der Waals surface area contributed by atoms with Crippen LogP contribution in [0, 0.1) is 0 Å². The van der Waals surface area contributed by atoms with Gasteiger partial charge in [0.15, 0.2) is 17.4 Å². The molecule has 2 aromatic heterocycles. The van der Waals surface area contributed by atoms with Crippen molar-refractivity contribution in [2.24, 2.45) is 0 Å². The molecule has 4 aromatic rings. The first-order valence-electron chi connectivity index (χ1n) is 8.69. The van der Waals surface area contributed by atoms with Gasteiger partial charge in [-0.3, -0.25) is 4.79 Å². The Morgan fingerprint density at radius 3 is 2.62 bits per heavy atom. The number of amides is 1. The number of aromatic nitrogens is 1. The van der Waals surface area contributed by atoms with Gasteiger partial charge in [-0.25, -0.2) is 9.78 Å². The lowest BCUT2D eigenvalue weighted by Gasteiger charge is -2.06. The summed E-state index contributed by atoms with van der Waals surface area (Å²) in [4.78, 5) is 28.6. The number of thiazole rings is 1. The van der Waals surface area contributed by atoms with Crippen LogP contribution in [0.1, 0.15) is 10.6 Å². The number of furan rings is 1. The Morgan fingerprint density at radius 2 is 1.86 bits per heavy atom. The van der Waals surface area contributed by atoms with E-state index >= 15 is 0 Å². The molecule has 0 unspecified atom stereocenters. The second kappa shape index (κ2) is 8.15. The van der Waals surface area contributed by atoms with Crippen molar-refractivity contribution in [3.63, 3.8) is 0 Å². The predicted octanol–water partition coefficient (Wildman–Crippen LogP) is 4.36. The largest absolute Gasteiger partial charge is 0.497 e. The molecular formula is C21H16N2O5S. The molecule has 8 heteroatoms. The van der Waals surface area contributed by atoms with Gasteiger partial charge < -0.3 is 19.2 Å². The molecule has 0 saturated heterocycles. The van der Waals surface area contributed by atoms with E-state index in [1.54, 1.807) is 37.4 Å². The fourth-order valence-corrected chi connectivity index (χ4v) is 3.54. The molecule has 7 nitrogen and oxygen atoms in total. The van der Waals surface area contributed by atoms with E-state index in [0.29, 0.717) is 22.2 Å². The fraction of sp³-hybridized carbons (Fsp3) is 0.0952. The van der Waals surface area contributed by atoms with E-state index in [1.807, 2.05) is 24.3 Å². The van der Waals surface area contributed by atoms with Crippen LogP contribution in [0.5, 0.6) is 5.75 Å². The minimum Gasteiger partial charge on any atom is -0.497 e. The van der Waals surface area contributed by atoms with Crippen molar-refractivity contribution in [3.05, 3.63) is 66.4 Å². The number of hydrogen-bond acceptors (Lipinski definition) is 7. The van der Waals surface area contributed by atoms with Crippen LogP contribution in [-0.2, 0) is 9.53 Å². The van der Waals surface area contributed by atoms with Crippen LogP contribution >= 0.6 is 11.3 Å². The normalized spacial score (nSPS) is 10.7. The topological polar surface area (TPSA) is 90.7 Å². The third-order valence-electron chi connectivity index (χ3n) is 4.02. The fourth-order valence-electron chi connectivity index (χ4n) is 2.61. The molecule has 4 rings (SSSR count). The van der Waals surface area contributed by atoms with Gasteiger partial charge in [-0.15, -0.1) is 11.3 Å². The molecule has 29 heavy (non-hydrogen) atoms.